The first-order valence-electron chi connectivity index (χ1n) is 6.36. The maximum Gasteiger partial charge on any atom is 0.113 e. The number of nitrogens with zero attached hydrogens (tertiary/aromatic N) is 1. The summed E-state index contributed by atoms with van der Waals surface area (Å²) in [5.41, 5.74) is 1.30. The Bertz CT molecular complexity index is 350. The second-order valence-corrected chi connectivity index (χ2v) is 6.22. The van der Waals surface area contributed by atoms with Gasteiger partial charge in [0.15, 0.2) is 0 Å². The molecular weight excluding hydrogens is 232 g/mol. The molecule has 0 saturated carbocycles. The number of hydrogen-bond donors (Lipinski definition) is 1. The minimum Gasteiger partial charge on any atom is -0.383 e. The number of nitrogens with one attached hydrogen (secondary N) is 1. The maximum atomic E-state index is 5.07. The van der Waals surface area contributed by atoms with Gasteiger partial charge in [-0.2, -0.15) is 0 Å². The van der Waals surface area contributed by atoms with E-state index in [1.54, 1.807) is 7.11 Å². The number of aryl methyl sites for hydroxylation is 2. The molecule has 1 aromatic heterocycles. The lowest BCUT2D eigenvalue weighted by molar-refractivity contribution is 0.188. The average Bonchev–Trinajstić information content (AvgIpc) is 2.73. The molecule has 1 heterocycles. The van der Waals surface area contributed by atoms with Crippen molar-refractivity contribution in [3.8, 4) is 0 Å². The quantitative estimate of drug-likeness (QED) is 0.820. The van der Waals surface area contributed by atoms with Crippen LogP contribution in [0.3, 0.4) is 0 Å². The van der Waals surface area contributed by atoms with Crippen LogP contribution in [0.25, 0.3) is 0 Å². The van der Waals surface area contributed by atoms with E-state index >= 15 is 0 Å². The van der Waals surface area contributed by atoms with Crippen molar-refractivity contribution in [2.45, 2.75) is 45.1 Å². The van der Waals surface area contributed by atoms with Crippen LogP contribution in [0.1, 0.15) is 42.3 Å². The summed E-state index contributed by atoms with van der Waals surface area (Å²) >= 11 is 1.89. The Balaban J connectivity index is 2.07. The second-order valence-electron chi connectivity index (χ2n) is 5.14. The maximum absolute atomic E-state index is 5.07. The number of fused-ring (bicyclic) bond motifs is 1. The summed E-state index contributed by atoms with van der Waals surface area (Å²) in [6.07, 6.45) is 5.01. The van der Waals surface area contributed by atoms with Gasteiger partial charge in [-0.15, -0.1) is 11.3 Å². The molecule has 17 heavy (non-hydrogen) atoms. The molecule has 0 bridgehead atoms. The fraction of sp³-hybridized carbons (Fsp3) is 0.769. The Morgan fingerprint density at radius 2 is 2.12 bits per heavy atom. The van der Waals surface area contributed by atoms with E-state index in [9.17, 15) is 0 Å². The lowest BCUT2D eigenvalue weighted by atomic mass is 10.0. The Morgan fingerprint density at radius 3 is 2.82 bits per heavy atom. The van der Waals surface area contributed by atoms with Gasteiger partial charge in [0.2, 0.25) is 0 Å². The zero-order chi connectivity index (χ0) is 12.3. The van der Waals surface area contributed by atoms with Crippen molar-refractivity contribution in [2.24, 2.45) is 0 Å². The van der Waals surface area contributed by atoms with Crippen molar-refractivity contribution in [2.75, 3.05) is 20.3 Å². The van der Waals surface area contributed by atoms with Gasteiger partial charge in [-0.1, -0.05) is 0 Å². The van der Waals surface area contributed by atoms with Crippen molar-refractivity contribution in [3.63, 3.8) is 0 Å². The highest BCUT2D eigenvalue weighted by molar-refractivity contribution is 7.11. The molecule has 1 aliphatic carbocycles. The van der Waals surface area contributed by atoms with Crippen molar-refractivity contribution in [3.05, 3.63) is 15.6 Å². The van der Waals surface area contributed by atoms with E-state index in [1.165, 1.54) is 41.3 Å². The van der Waals surface area contributed by atoms with E-state index in [1.807, 2.05) is 11.3 Å². The molecule has 2 rings (SSSR count). The molecule has 0 fully saturated rings. The average molecular weight is 254 g/mol. The molecule has 1 aromatic rings. The Hall–Kier alpha value is -0.450. The molecule has 1 N–H and O–H groups in total. The van der Waals surface area contributed by atoms with Crippen LogP contribution in [0.4, 0.5) is 0 Å². The highest BCUT2D eigenvalue weighted by Crippen LogP contribution is 2.32. The molecule has 0 amide bonds. The minimum atomic E-state index is -0.0411. The van der Waals surface area contributed by atoms with Crippen LogP contribution < -0.4 is 5.32 Å². The number of thiazole rings is 1. The number of rotatable bonds is 5. The molecule has 0 spiro atoms. The molecule has 1 aliphatic rings. The van der Waals surface area contributed by atoms with Crippen LogP contribution in [0.15, 0.2) is 0 Å². The largest absolute Gasteiger partial charge is 0.383 e. The van der Waals surface area contributed by atoms with Gasteiger partial charge in [-0.05, 0) is 39.5 Å². The van der Waals surface area contributed by atoms with Crippen molar-refractivity contribution in [1.82, 2.24) is 10.3 Å². The van der Waals surface area contributed by atoms with Crippen LogP contribution in [-0.2, 0) is 23.1 Å². The highest BCUT2D eigenvalue weighted by atomic mass is 32.1. The molecule has 0 saturated heterocycles. The summed E-state index contributed by atoms with van der Waals surface area (Å²) in [6.45, 7) is 6.02. The normalized spacial score (nSPS) is 15.9. The molecule has 0 aromatic carbocycles. The number of hydrogen-bond acceptors (Lipinski definition) is 4. The molecule has 3 nitrogen and oxygen atoms in total. The number of aromatic nitrogens is 1. The standard InChI is InChI=1S/C13H22N2OS/c1-13(2,14-8-9-16-3)12-15-10-6-4-5-7-11(10)17-12/h14H,4-9H2,1-3H3. The lowest BCUT2D eigenvalue weighted by Gasteiger charge is -2.23. The minimum absolute atomic E-state index is 0.0411. The molecule has 0 atom stereocenters. The second kappa shape index (κ2) is 5.46. The fourth-order valence-electron chi connectivity index (χ4n) is 2.16. The Labute approximate surface area is 108 Å². The van der Waals surface area contributed by atoms with Crippen LogP contribution in [0.5, 0.6) is 0 Å². The molecule has 0 aliphatic heterocycles. The Kier molecular flexibility index (Phi) is 4.17. The number of ether oxygens (including phenoxy) is 1. The van der Waals surface area contributed by atoms with Crippen molar-refractivity contribution < 1.29 is 4.74 Å². The predicted octanol–water partition coefficient (Wildman–Crippen LogP) is 2.49. The third kappa shape index (κ3) is 3.06. The van der Waals surface area contributed by atoms with Gasteiger partial charge in [-0.25, -0.2) is 4.98 Å². The zero-order valence-electron chi connectivity index (χ0n) is 11.0. The third-order valence-electron chi connectivity index (χ3n) is 3.25. The monoisotopic (exact) mass is 254 g/mol. The Morgan fingerprint density at radius 1 is 1.35 bits per heavy atom. The summed E-state index contributed by atoms with van der Waals surface area (Å²) in [5.74, 6) is 0. The SMILES string of the molecule is COCCNC(C)(C)c1nc2c(s1)CCCC2. The van der Waals surface area contributed by atoms with Crippen molar-refractivity contribution in [1.29, 1.82) is 0 Å². The summed E-state index contributed by atoms with van der Waals surface area (Å²) in [4.78, 5) is 6.32. The van der Waals surface area contributed by atoms with Crippen LogP contribution in [0.2, 0.25) is 0 Å². The molecular formula is C13H22N2OS. The van der Waals surface area contributed by atoms with Gasteiger partial charge in [0, 0.05) is 18.5 Å². The summed E-state index contributed by atoms with van der Waals surface area (Å²) in [6, 6.07) is 0. The smallest absolute Gasteiger partial charge is 0.113 e. The molecule has 96 valence electrons. The first-order chi connectivity index (χ1) is 8.13. The van der Waals surface area contributed by atoms with Gasteiger partial charge in [0.1, 0.15) is 5.01 Å². The van der Waals surface area contributed by atoms with E-state index < -0.39 is 0 Å². The van der Waals surface area contributed by atoms with Crippen LogP contribution >= 0.6 is 11.3 Å². The van der Waals surface area contributed by atoms with E-state index in [0.29, 0.717) is 0 Å². The van der Waals surface area contributed by atoms with Crippen molar-refractivity contribution >= 4 is 11.3 Å². The first-order valence-corrected chi connectivity index (χ1v) is 7.18. The molecule has 0 unspecified atom stereocenters. The van der Waals surface area contributed by atoms with Gasteiger partial charge < -0.3 is 10.1 Å². The van der Waals surface area contributed by atoms with Gasteiger partial charge in [-0.3, -0.25) is 0 Å². The van der Waals surface area contributed by atoms with E-state index in [0.717, 1.165) is 13.2 Å². The van der Waals surface area contributed by atoms with Gasteiger partial charge in [0.25, 0.3) is 0 Å². The summed E-state index contributed by atoms with van der Waals surface area (Å²) in [7, 11) is 1.73. The van der Waals surface area contributed by atoms with Crippen LogP contribution in [0, 0.1) is 0 Å². The topological polar surface area (TPSA) is 34.1 Å². The first kappa shape index (κ1) is 13.0. The predicted molar refractivity (Wildman–Crippen MR) is 71.7 cm³/mol. The highest BCUT2D eigenvalue weighted by Gasteiger charge is 2.26. The summed E-state index contributed by atoms with van der Waals surface area (Å²) < 4.78 is 5.07. The lowest BCUT2D eigenvalue weighted by Crippen LogP contribution is -2.38. The fourth-order valence-corrected chi connectivity index (χ4v) is 3.39. The zero-order valence-corrected chi connectivity index (χ0v) is 11.8. The van der Waals surface area contributed by atoms with Crippen LogP contribution in [-0.4, -0.2) is 25.2 Å². The van der Waals surface area contributed by atoms with E-state index in [4.69, 9.17) is 9.72 Å². The number of methoxy groups -OCH3 is 1. The molecule has 4 heteroatoms. The third-order valence-corrected chi connectivity index (χ3v) is 4.73. The van der Waals surface area contributed by atoms with Gasteiger partial charge in [0.05, 0.1) is 17.8 Å². The van der Waals surface area contributed by atoms with Gasteiger partial charge >= 0.3 is 0 Å². The summed E-state index contributed by atoms with van der Waals surface area (Å²) in [5, 5.41) is 4.73. The molecule has 0 radical (unpaired) electrons. The van der Waals surface area contributed by atoms with E-state index in [-0.39, 0.29) is 5.54 Å². The van der Waals surface area contributed by atoms with E-state index in [2.05, 4.69) is 19.2 Å².